The third-order valence-corrected chi connectivity index (χ3v) is 6.19. The van der Waals surface area contributed by atoms with Gasteiger partial charge in [-0.1, -0.05) is 76.9 Å². The summed E-state index contributed by atoms with van der Waals surface area (Å²) < 4.78 is 19.4. The Morgan fingerprint density at radius 3 is 2.43 bits per heavy atom. The van der Waals surface area contributed by atoms with Crippen LogP contribution in [0.25, 0.3) is 17.0 Å². The van der Waals surface area contributed by atoms with Crippen LogP contribution in [0, 0.1) is 19.7 Å². The lowest BCUT2D eigenvalue weighted by Crippen LogP contribution is -2.45. The number of halogens is 1. The summed E-state index contributed by atoms with van der Waals surface area (Å²) in [7, 11) is 0. The molecule has 1 unspecified atom stereocenters. The zero-order valence-electron chi connectivity index (χ0n) is 19.7. The van der Waals surface area contributed by atoms with Crippen molar-refractivity contribution in [2.75, 3.05) is 0 Å². The average Bonchev–Trinajstić information content (AvgIpc) is 3.32. The number of hydrogen-bond donors (Lipinski definition) is 1. The first-order chi connectivity index (χ1) is 16.9. The van der Waals surface area contributed by atoms with Crippen molar-refractivity contribution in [3.8, 4) is 11.4 Å². The van der Waals surface area contributed by atoms with Gasteiger partial charge >= 0.3 is 6.03 Å². The quantitative estimate of drug-likeness (QED) is 0.379. The van der Waals surface area contributed by atoms with Crippen LogP contribution in [-0.4, -0.2) is 21.1 Å². The molecule has 35 heavy (non-hydrogen) atoms. The molecule has 1 atom stereocenters. The molecule has 1 aliphatic rings. The highest BCUT2D eigenvalue weighted by atomic mass is 19.1. The second kappa shape index (κ2) is 9.18. The Bertz CT molecular complexity index is 1410. The van der Waals surface area contributed by atoms with Gasteiger partial charge in [0.25, 0.3) is 5.89 Å². The van der Waals surface area contributed by atoms with Gasteiger partial charge in [0.1, 0.15) is 5.82 Å². The van der Waals surface area contributed by atoms with Crippen LogP contribution < -0.4 is 5.32 Å². The van der Waals surface area contributed by atoms with Crippen LogP contribution in [0.4, 0.5) is 9.18 Å². The maximum absolute atomic E-state index is 13.6. The topological polar surface area (TPSA) is 71.3 Å². The van der Waals surface area contributed by atoms with Crippen LogP contribution in [0.2, 0.25) is 0 Å². The largest absolute Gasteiger partial charge is 0.334 e. The van der Waals surface area contributed by atoms with E-state index in [0.717, 1.165) is 27.8 Å². The van der Waals surface area contributed by atoms with Crippen molar-refractivity contribution in [3.63, 3.8) is 0 Å². The molecular formula is C28H25FN4O2. The maximum atomic E-state index is 13.6. The zero-order chi connectivity index (χ0) is 24.5. The number of hydrogen-bond acceptors (Lipinski definition) is 4. The average molecular weight is 469 g/mol. The minimum absolute atomic E-state index is 0.250. The number of rotatable bonds is 5. The molecule has 2 amide bonds. The summed E-state index contributed by atoms with van der Waals surface area (Å²) in [5, 5.41) is 7.25. The molecule has 6 nitrogen and oxygen atoms in total. The Hall–Kier alpha value is -4.26. The number of urea groups is 1. The molecule has 3 aromatic carbocycles. The molecular weight excluding hydrogens is 443 g/mol. The van der Waals surface area contributed by atoms with E-state index in [1.54, 1.807) is 17.0 Å². The van der Waals surface area contributed by atoms with Gasteiger partial charge in [0.2, 0.25) is 5.82 Å². The van der Waals surface area contributed by atoms with Crippen molar-refractivity contribution in [1.82, 2.24) is 20.4 Å². The first-order valence-corrected chi connectivity index (χ1v) is 11.4. The van der Waals surface area contributed by atoms with E-state index in [0.29, 0.717) is 29.5 Å². The van der Waals surface area contributed by atoms with Crippen LogP contribution >= 0.6 is 0 Å². The molecule has 2 heterocycles. The number of benzene rings is 3. The van der Waals surface area contributed by atoms with Gasteiger partial charge in [-0.15, -0.1) is 0 Å². The van der Waals surface area contributed by atoms with Crippen LogP contribution in [0.3, 0.4) is 0 Å². The molecule has 0 saturated heterocycles. The van der Waals surface area contributed by atoms with Gasteiger partial charge < -0.3 is 9.84 Å². The summed E-state index contributed by atoms with van der Waals surface area (Å²) in [5.74, 6) is 0.417. The Labute approximate surface area is 203 Å². The number of nitrogens with zero attached hydrogens (tertiary/aromatic N) is 3. The first-order valence-electron chi connectivity index (χ1n) is 11.4. The van der Waals surface area contributed by atoms with Gasteiger partial charge in [-0.2, -0.15) is 4.98 Å². The standard InChI is InChI=1S/C28H25FN4O2/c1-17-7-9-22(10-8-17)26-31-27(35-32-26)24-19(3)33(16-20-6-4-5-18(2)15-20)28(34)30-25(24)21-11-13-23(29)14-12-21/h4-15,25H,16H2,1-3H3,(H,30,34). The SMILES string of the molecule is CC1=C(c2nc(-c3ccc(C)cc3)no2)C(c2ccc(F)cc2)NC(=O)N1Cc1cccc(C)c1. The monoisotopic (exact) mass is 468 g/mol. The van der Waals surface area contributed by atoms with Gasteiger partial charge in [-0.25, -0.2) is 9.18 Å². The van der Waals surface area contributed by atoms with Crippen molar-refractivity contribution < 1.29 is 13.7 Å². The fourth-order valence-electron chi connectivity index (χ4n) is 4.30. The number of aromatic nitrogens is 2. The lowest BCUT2D eigenvalue weighted by atomic mass is 9.94. The second-order valence-electron chi connectivity index (χ2n) is 8.80. The molecule has 0 radical (unpaired) electrons. The van der Waals surface area contributed by atoms with Crippen molar-refractivity contribution in [3.05, 3.63) is 112 Å². The van der Waals surface area contributed by atoms with E-state index in [4.69, 9.17) is 4.52 Å². The highest BCUT2D eigenvalue weighted by molar-refractivity contribution is 5.86. The number of carbonyl (C=O) groups is 1. The summed E-state index contributed by atoms with van der Waals surface area (Å²) >= 11 is 0. The van der Waals surface area contributed by atoms with Crippen molar-refractivity contribution in [2.45, 2.75) is 33.4 Å². The molecule has 0 spiro atoms. The third kappa shape index (κ3) is 4.57. The molecule has 0 saturated carbocycles. The number of nitrogens with one attached hydrogen (secondary N) is 1. The molecule has 1 N–H and O–H groups in total. The lowest BCUT2D eigenvalue weighted by molar-refractivity contribution is 0.203. The summed E-state index contributed by atoms with van der Waals surface area (Å²) in [4.78, 5) is 19.6. The van der Waals surface area contributed by atoms with Crippen LogP contribution in [0.1, 0.15) is 41.1 Å². The molecule has 176 valence electrons. The molecule has 1 aromatic heterocycles. The molecule has 0 aliphatic carbocycles. The van der Waals surface area contributed by atoms with Crippen molar-refractivity contribution in [1.29, 1.82) is 0 Å². The van der Waals surface area contributed by atoms with Crippen LogP contribution in [-0.2, 0) is 6.54 Å². The lowest BCUT2D eigenvalue weighted by Gasteiger charge is -2.35. The van der Waals surface area contributed by atoms with Crippen molar-refractivity contribution >= 4 is 11.6 Å². The Morgan fingerprint density at radius 1 is 0.971 bits per heavy atom. The van der Waals surface area contributed by atoms with E-state index in [-0.39, 0.29) is 11.8 Å². The van der Waals surface area contributed by atoms with Gasteiger partial charge in [0.05, 0.1) is 18.2 Å². The molecule has 7 heteroatoms. The summed E-state index contributed by atoms with van der Waals surface area (Å²) in [6.45, 7) is 6.29. The Balaban J connectivity index is 1.59. The summed E-state index contributed by atoms with van der Waals surface area (Å²) in [6, 6.07) is 21.1. The van der Waals surface area contributed by atoms with Crippen LogP contribution in [0.5, 0.6) is 0 Å². The number of aryl methyl sites for hydroxylation is 2. The van der Waals surface area contributed by atoms with Crippen molar-refractivity contribution in [2.24, 2.45) is 0 Å². The third-order valence-electron chi connectivity index (χ3n) is 6.19. The van der Waals surface area contributed by atoms with E-state index >= 15 is 0 Å². The zero-order valence-corrected chi connectivity index (χ0v) is 19.7. The van der Waals surface area contributed by atoms with Gasteiger partial charge in [-0.05, 0) is 44.0 Å². The van der Waals surface area contributed by atoms with E-state index in [2.05, 4.69) is 21.5 Å². The predicted octanol–water partition coefficient (Wildman–Crippen LogP) is 6.19. The van der Waals surface area contributed by atoms with E-state index in [1.807, 2.05) is 63.2 Å². The number of amides is 2. The summed E-state index contributed by atoms with van der Waals surface area (Å²) in [5.41, 5.74) is 6.18. The number of carbonyl (C=O) groups excluding carboxylic acids is 1. The highest BCUT2D eigenvalue weighted by Gasteiger charge is 2.35. The fraction of sp³-hybridized carbons (Fsp3) is 0.179. The van der Waals surface area contributed by atoms with E-state index in [9.17, 15) is 9.18 Å². The molecule has 5 rings (SSSR count). The minimum atomic E-state index is -0.567. The molecule has 0 fully saturated rings. The van der Waals surface area contributed by atoms with E-state index < -0.39 is 6.04 Å². The summed E-state index contributed by atoms with van der Waals surface area (Å²) in [6.07, 6.45) is 0. The van der Waals surface area contributed by atoms with Gasteiger partial charge in [0, 0.05) is 11.3 Å². The minimum Gasteiger partial charge on any atom is -0.334 e. The maximum Gasteiger partial charge on any atom is 0.322 e. The number of allylic oxidation sites excluding steroid dienone is 1. The Morgan fingerprint density at radius 2 is 1.71 bits per heavy atom. The fourth-order valence-corrected chi connectivity index (χ4v) is 4.30. The van der Waals surface area contributed by atoms with Gasteiger partial charge in [0.15, 0.2) is 0 Å². The Kier molecular flexibility index (Phi) is 5.91. The molecule has 0 bridgehead atoms. The van der Waals surface area contributed by atoms with Crippen LogP contribution in [0.15, 0.2) is 83.0 Å². The highest BCUT2D eigenvalue weighted by Crippen LogP contribution is 2.38. The normalized spacial score (nSPS) is 15.9. The second-order valence-corrected chi connectivity index (χ2v) is 8.80. The smallest absolute Gasteiger partial charge is 0.322 e. The van der Waals surface area contributed by atoms with E-state index in [1.165, 1.54) is 12.1 Å². The molecule has 1 aliphatic heterocycles. The predicted molar refractivity (Wildman–Crippen MR) is 131 cm³/mol. The molecule has 4 aromatic rings. The van der Waals surface area contributed by atoms with Gasteiger partial charge in [-0.3, -0.25) is 4.90 Å². The first kappa shape index (κ1) is 22.5.